The Bertz CT molecular complexity index is 551. The molecule has 0 amide bonds. The molecule has 0 aliphatic heterocycles. The molecule has 1 fully saturated rings. The molecule has 1 aliphatic carbocycles. The van der Waals surface area contributed by atoms with Crippen LogP contribution in [0.4, 0.5) is 5.82 Å². The van der Waals surface area contributed by atoms with E-state index in [4.69, 9.17) is 11.6 Å². The topological polar surface area (TPSA) is 37.8 Å². The Hall–Kier alpha value is -1.61. The first kappa shape index (κ1) is 12.4. The fourth-order valence-electron chi connectivity index (χ4n) is 2.53. The first-order chi connectivity index (χ1) is 9.31. The van der Waals surface area contributed by atoms with Gasteiger partial charge in [0.15, 0.2) is 0 Å². The normalized spacial score (nSPS) is 15.6. The summed E-state index contributed by atoms with van der Waals surface area (Å²) in [5.74, 6) is 0.825. The standard InChI is InChI=1S/C15H16ClN3/c16-15-18-13(11-6-2-1-3-7-11)10-14(19-15)17-12-8-4-5-9-12/h1-3,6-7,10,12H,4-5,8-9H2,(H,17,18,19). The molecular formula is C15H16ClN3. The molecule has 0 atom stereocenters. The molecule has 0 unspecified atom stereocenters. The van der Waals surface area contributed by atoms with Crippen LogP contribution in [-0.2, 0) is 0 Å². The van der Waals surface area contributed by atoms with Crippen LogP contribution >= 0.6 is 11.6 Å². The number of aromatic nitrogens is 2. The molecule has 0 radical (unpaired) electrons. The Labute approximate surface area is 118 Å². The monoisotopic (exact) mass is 273 g/mol. The first-order valence-electron chi connectivity index (χ1n) is 6.68. The zero-order valence-electron chi connectivity index (χ0n) is 10.6. The number of hydrogen-bond donors (Lipinski definition) is 1. The van der Waals surface area contributed by atoms with Crippen LogP contribution in [0.1, 0.15) is 25.7 Å². The molecular weight excluding hydrogens is 258 g/mol. The summed E-state index contributed by atoms with van der Waals surface area (Å²) in [7, 11) is 0. The molecule has 1 heterocycles. The largest absolute Gasteiger partial charge is 0.367 e. The maximum absolute atomic E-state index is 6.02. The molecule has 98 valence electrons. The van der Waals surface area contributed by atoms with Crippen LogP contribution in [0.2, 0.25) is 5.28 Å². The average Bonchev–Trinajstić information content (AvgIpc) is 2.92. The summed E-state index contributed by atoms with van der Waals surface area (Å²) in [4.78, 5) is 8.56. The average molecular weight is 274 g/mol. The smallest absolute Gasteiger partial charge is 0.224 e. The summed E-state index contributed by atoms with van der Waals surface area (Å²) in [6, 6.07) is 12.5. The Balaban J connectivity index is 1.87. The number of nitrogens with zero attached hydrogens (tertiary/aromatic N) is 2. The SMILES string of the molecule is Clc1nc(NC2CCCC2)cc(-c2ccccc2)n1. The van der Waals surface area contributed by atoms with Crippen LogP contribution in [0.25, 0.3) is 11.3 Å². The number of rotatable bonds is 3. The van der Waals surface area contributed by atoms with Crippen LogP contribution in [0.5, 0.6) is 0 Å². The highest BCUT2D eigenvalue weighted by Gasteiger charge is 2.15. The van der Waals surface area contributed by atoms with E-state index in [9.17, 15) is 0 Å². The van der Waals surface area contributed by atoms with E-state index < -0.39 is 0 Å². The van der Waals surface area contributed by atoms with Crippen molar-refractivity contribution in [1.29, 1.82) is 0 Å². The molecule has 0 bridgehead atoms. The van der Waals surface area contributed by atoms with Gasteiger partial charge in [0.1, 0.15) is 5.82 Å². The molecule has 4 heteroatoms. The molecule has 1 N–H and O–H groups in total. The van der Waals surface area contributed by atoms with E-state index in [1.807, 2.05) is 36.4 Å². The summed E-state index contributed by atoms with van der Waals surface area (Å²) in [6.07, 6.45) is 5.01. The van der Waals surface area contributed by atoms with Crippen LogP contribution < -0.4 is 5.32 Å². The van der Waals surface area contributed by atoms with Crippen molar-refractivity contribution in [3.05, 3.63) is 41.7 Å². The number of hydrogen-bond acceptors (Lipinski definition) is 3. The van der Waals surface area contributed by atoms with Gasteiger partial charge in [0.05, 0.1) is 5.69 Å². The van der Waals surface area contributed by atoms with E-state index in [2.05, 4.69) is 15.3 Å². The molecule has 2 aromatic rings. The summed E-state index contributed by atoms with van der Waals surface area (Å²) >= 11 is 6.02. The molecule has 1 saturated carbocycles. The third kappa shape index (κ3) is 3.04. The van der Waals surface area contributed by atoms with Crippen molar-refractivity contribution in [1.82, 2.24) is 9.97 Å². The van der Waals surface area contributed by atoms with Gasteiger partial charge in [-0.25, -0.2) is 9.97 Å². The molecule has 0 saturated heterocycles. The first-order valence-corrected chi connectivity index (χ1v) is 7.05. The lowest BCUT2D eigenvalue weighted by molar-refractivity contribution is 0.750. The summed E-state index contributed by atoms with van der Waals surface area (Å²) < 4.78 is 0. The highest BCUT2D eigenvalue weighted by molar-refractivity contribution is 6.28. The Morgan fingerprint density at radius 2 is 1.79 bits per heavy atom. The van der Waals surface area contributed by atoms with E-state index in [0.29, 0.717) is 11.3 Å². The van der Waals surface area contributed by atoms with Crippen LogP contribution in [0.3, 0.4) is 0 Å². The minimum absolute atomic E-state index is 0.293. The summed E-state index contributed by atoms with van der Waals surface area (Å²) in [6.45, 7) is 0. The van der Waals surface area contributed by atoms with Gasteiger partial charge in [0.2, 0.25) is 5.28 Å². The van der Waals surface area contributed by atoms with Gasteiger partial charge in [-0.3, -0.25) is 0 Å². The van der Waals surface area contributed by atoms with Gasteiger partial charge in [0, 0.05) is 17.7 Å². The van der Waals surface area contributed by atoms with Gasteiger partial charge in [0.25, 0.3) is 0 Å². The van der Waals surface area contributed by atoms with Gasteiger partial charge >= 0.3 is 0 Å². The number of anilines is 1. The Morgan fingerprint density at radius 3 is 2.53 bits per heavy atom. The lowest BCUT2D eigenvalue weighted by atomic mass is 10.1. The molecule has 1 aromatic carbocycles. The molecule has 1 aliphatic rings. The fraction of sp³-hybridized carbons (Fsp3) is 0.333. The number of benzene rings is 1. The molecule has 3 rings (SSSR count). The van der Waals surface area contributed by atoms with E-state index in [1.165, 1.54) is 25.7 Å². The second-order valence-corrected chi connectivity index (χ2v) is 5.24. The van der Waals surface area contributed by atoms with E-state index in [1.54, 1.807) is 0 Å². The second kappa shape index (κ2) is 5.57. The van der Waals surface area contributed by atoms with E-state index in [-0.39, 0.29) is 0 Å². The van der Waals surface area contributed by atoms with Crippen LogP contribution in [-0.4, -0.2) is 16.0 Å². The maximum Gasteiger partial charge on any atom is 0.224 e. The molecule has 0 spiro atoms. The Kier molecular flexibility index (Phi) is 3.65. The van der Waals surface area contributed by atoms with Crippen molar-refractivity contribution in [3.8, 4) is 11.3 Å². The van der Waals surface area contributed by atoms with Crippen molar-refractivity contribution in [2.24, 2.45) is 0 Å². The third-order valence-electron chi connectivity index (χ3n) is 3.48. The quantitative estimate of drug-likeness (QED) is 0.854. The van der Waals surface area contributed by atoms with Crippen LogP contribution in [0, 0.1) is 0 Å². The second-order valence-electron chi connectivity index (χ2n) is 4.90. The lowest BCUT2D eigenvalue weighted by Crippen LogP contribution is -2.15. The van der Waals surface area contributed by atoms with Gasteiger partial charge < -0.3 is 5.32 Å². The summed E-state index contributed by atoms with van der Waals surface area (Å²) in [5.41, 5.74) is 1.92. The fourth-order valence-corrected chi connectivity index (χ4v) is 2.71. The molecule has 3 nitrogen and oxygen atoms in total. The van der Waals surface area contributed by atoms with Crippen molar-refractivity contribution < 1.29 is 0 Å². The van der Waals surface area contributed by atoms with Crippen molar-refractivity contribution in [3.63, 3.8) is 0 Å². The lowest BCUT2D eigenvalue weighted by Gasteiger charge is -2.13. The van der Waals surface area contributed by atoms with Crippen molar-refractivity contribution >= 4 is 17.4 Å². The highest BCUT2D eigenvalue weighted by Crippen LogP contribution is 2.25. The van der Waals surface area contributed by atoms with Gasteiger partial charge in [-0.2, -0.15) is 0 Å². The van der Waals surface area contributed by atoms with Gasteiger partial charge in [-0.15, -0.1) is 0 Å². The minimum Gasteiger partial charge on any atom is -0.367 e. The van der Waals surface area contributed by atoms with E-state index in [0.717, 1.165) is 17.1 Å². The van der Waals surface area contributed by atoms with Gasteiger partial charge in [-0.05, 0) is 24.4 Å². The van der Waals surface area contributed by atoms with Crippen molar-refractivity contribution in [2.45, 2.75) is 31.7 Å². The maximum atomic E-state index is 6.02. The minimum atomic E-state index is 0.293. The number of nitrogens with one attached hydrogen (secondary N) is 1. The number of halogens is 1. The highest BCUT2D eigenvalue weighted by atomic mass is 35.5. The van der Waals surface area contributed by atoms with Gasteiger partial charge in [-0.1, -0.05) is 43.2 Å². The molecule has 1 aromatic heterocycles. The molecule has 19 heavy (non-hydrogen) atoms. The summed E-state index contributed by atoms with van der Waals surface area (Å²) in [5, 5.41) is 3.75. The predicted molar refractivity (Wildman–Crippen MR) is 78.4 cm³/mol. The van der Waals surface area contributed by atoms with E-state index >= 15 is 0 Å². The van der Waals surface area contributed by atoms with Crippen LogP contribution in [0.15, 0.2) is 36.4 Å². The predicted octanol–water partition coefficient (Wildman–Crippen LogP) is 4.15. The zero-order valence-corrected chi connectivity index (χ0v) is 11.4. The third-order valence-corrected chi connectivity index (χ3v) is 3.64. The van der Waals surface area contributed by atoms with Crippen molar-refractivity contribution in [2.75, 3.05) is 5.32 Å². The Morgan fingerprint density at radius 1 is 1.05 bits per heavy atom. The zero-order chi connectivity index (χ0) is 13.1.